The summed E-state index contributed by atoms with van der Waals surface area (Å²) >= 11 is 0. The van der Waals surface area contributed by atoms with E-state index in [0.29, 0.717) is 5.56 Å². The lowest BCUT2D eigenvalue weighted by Crippen LogP contribution is -2.49. The van der Waals surface area contributed by atoms with Gasteiger partial charge in [-0.15, -0.1) is 0 Å². The fraction of sp³-hybridized carbons (Fsp3) is 0.409. The highest BCUT2D eigenvalue weighted by Gasteiger charge is 2.41. The molecule has 4 nitrogen and oxygen atoms in total. The molecule has 2 rings (SSSR count). The van der Waals surface area contributed by atoms with Crippen molar-refractivity contribution in [3.8, 4) is 0 Å². The van der Waals surface area contributed by atoms with E-state index in [1.54, 1.807) is 12.1 Å². The smallest absolute Gasteiger partial charge is 0.251 e. The van der Waals surface area contributed by atoms with E-state index in [-0.39, 0.29) is 17.6 Å². The van der Waals surface area contributed by atoms with Gasteiger partial charge in [-0.1, -0.05) is 69.3 Å². The van der Waals surface area contributed by atoms with Crippen molar-refractivity contribution in [2.24, 2.45) is 0 Å². The lowest BCUT2D eigenvalue weighted by Gasteiger charge is -2.41. The molecule has 2 aromatic rings. The molecule has 0 radical (unpaired) electrons. The number of hydrogen-bond acceptors (Lipinski definition) is 3. The molecule has 2 atom stereocenters. The molecule has 1 amide bonds. The van der Waals surface area contributed by atoms with Gasteiger partial charge in [0.15, 0.2) is 8.32 Å². The topological polar surface area (TPSA) is 58.6 Å². The van der Waals surface area contributed by atoms with Gasteiger partial charge in [-0.2, -0.15) is 0 Å². The number of hydrogen-bond donors (Lipinski definition) is 2. The van der Waals surface area contributed by atoms with Gasteiger partial charge in [-0.05, 0) is 35.8 Å². The van der Waals surface area contributed by atoms with E-state index in [9.17, 15) is 9.90 Å². The third-order valence-electron chi connectivity index (χ3n) is 5.27. The maximum atomic E-state index is 12.6. The summed E-state index contributed by atoms with van der Waals surface area (Å²) in [7, 11) is -2.12. The zero-order valence-electron chi connectivity index (χ0n) is 16.9. The Hall–Kier alpha value is -1.95. The van der Waals surface area contributed by atoms with Crippen LogP contribution in [0.5, 0.6) is 0 Å². The van der Waals surface area contributed by atoms with Crippen LogP contribution in [-0.2, 0) is 4.43 Å². The number of rotatable bonds is 7. The van der Waals surface area contributed by atoms with Crippen LogP contribution >= 0.6 is 0 Å². The second kappa shape index (κ2) is 8.82. The van der Waals surface area contributed by atoms with Crippen LogP contribution in [0.4, 0.5) is 0 Å². The van der Waals surface area contributed by atoms with Crippen LogP contribution in [-0.4, -0.2) is 32.0 Å². The highest BCUT2D eigenvalue weighted by Crippen LogP contribution is 2.40. The first-order valence-corrected chi connectivity index (χ1v) is 12.3. The van der Waals surface area contributed by atoms with E-state index in [4.69, 9.17) is 4.43 Å². The maximum Gasteiger partial charge on any atom is 0.251 e. The van der Waals surface area contributed by atoms with Gasteiger partial charge in [0.25, 0.3) is 5.91 Å². The molecule has 0 aromatic heterocycles. The van der Waals surface area contributed by atoms with E-state index in [1.165, 1.54) is 0 Å². The lowest BCUT2D eigenvalue weighted by molar-refractivity contribution is 0.0737. The number of carbonyl (C=O) groups excluding carboxylic acids is 1. The van der Waals surface area contributed by atoms with Crippen molar-refractivity contribution < 1.29 is 14.3 Å². The molecule has 0 saturated heterocycles. The van der Waals surface area contributed by atoms with Gasteiger partial charge >= 0.3 is 0 Å². The summed E-state index contributed by atoms with van der Waals surface area (Å²) < 4.78 is 6.64. The van der Waals surface area contributed by atoms with Crippen molar-refractivity contribution in [1.82, 2.24) is 5.32 Å². The fourth-order valence-electron chi connectivity index (χ4n) is 2.58. The Morgan fingerprint density at radius 3 is 2.04 bits per heavy atom. The minimum atomic E-state index is -2.12. The Bertz CT molecular complexity index is 726. The van der Waals surface area contributed by atoms with Crippen LogP contribution in [0.15, 0.2) is 60.7 Å². The zero-order chi connectivity index (χ0) is 20.1. The average Bonchev–Trinajstić information content (AvgIpc) is 2.64. The monoisotopic (exact) mass is 385 g/mol. The number of amides is 1. The van der Waals surface area contributed by atoms with Crippen LogP contribution in [0.3, 0.4) is 0 Å². The summed E-state index contributed by atoms with van der Waals surface area (Å²) in [6.45, 7) is 10.7. The fourth-order valence-corrected chi connectivity index (χ4v) is 3.87. The molecular formula is C22H31NO3Si. The second-order valence-electron chi connectivity index (χ2n) is 8.34. The van der Waals surface area contributed by atoms with Gasteiger partial charge in [0.2, 0.25) is 0 Å². The van der Waals surface area contributed by atoms with Crippen LogP contribution in [0.1, 0.15) is 42.8 Å². The molecule has 0 aliphatic carbocycles. The molecule has 146 valence electrons. The molecule has 2 N–H and O–H groups in total. The summed E-state index contributed by atoms with van der Waals surface area (Å²) in [6.07, 6.45) is -0.412. The summed E-state index contributed by atoms with van der Waals surface area (Å²) in [5, 5.41) is 13.1. The van der Waals surface area contributed by atoms with E-state index in [0.717, 1.165) is 5.56 Å². The predicted molar refractivity (Wildman–Crippen MR) is 112 cm³/mol. The Morgan fingerprint density at radius 1 is 1.04 bits per heavy atom. The second-order valence-corrected chi connectivity index (χ2v) is 13.1. The largest absolute Gasteiger partial charge is 0.408 e. The van der Waals surface area contributed by atoms with Crippen molar-refractivity contribution in [3.63, 3.8) is 0 Å². The number of benzene rings is 2. The Morgan fingerprint density at radius 2 is 1.56 bits per heavy atom. The Labute approximate surface area is 163 Å². The molecule has 0 heterocycles. The first-order chi connectivity index (χ1) is 12.7. The molecule has 2 aromatic carbocycles. The van der Waals surface area contributed by atoms with Crippen LogP contribution in [0.25, 0.3) is 0 Å². The third kappa shape index (κ3) is 5.51. The highest BCUT2D eigenvalue weighted by molar-refractivity contribution is 6.74. The van der Waals surface area contributed by atoms with Crippen molar-refractivity contribution in [2.75, 3.05) is 6.61 Å². The van der Waals surface area contributed by atoms with Gasteiger partial charge in [0.05, 0.1) is 18.8 Å². The molecule has 27 heavy (non-hydrogen) atoms. The molecule has 0 saturated carbocycles. The minimum Gasteiger partial charge on any atom is -0.408 e. The van der Waals surface area contributed by atoms with Crippen molar-refractivity contribution >= 4 is 14.2 Å². The molecule has 5 heteroatoms. The van der Waals surface area contributed by atoms with E-state index >= 15 is 0 Å². The molecule has 0 aliphatic heterocycles. The lowest BCUT2D eigenvalue weighted by atomic mass is 10.0. The summed E-state index contributed by atoms with van der Waals surface area (Å²) in [5.41, 5.74) is 1.52. The van der Waals surface area contributed by atoms with Crippen LogP contribution < -0.4 is 5.32 Å². The number of carbonyl (C=O) groups is 1. The molecule has 0 bridgehead atoms. The van der Waals surface area contributed by atoms with E-state index in [2.05, 4.69) is 39.2 Å². The third-order valence-corrected chi connectivity index (χ3v) is 9.73. The van der Waals surface area contributed by atoms with E-state index in [1.807, 2.05) is 48.5 Å². The zero-order valence-corrected chi connectivity index (χ0v) is 17.9. The van der Waals surface area contributed by atoms with E-state index < -0.39 is 20.5 Å². The van der Waals surface area contributed by atoms with Gasteiger partial charge in [-0.3, -0.25) is 4.79 Å². The van der Waals surface area contributed by atoms with Gasteiger partial charge in [0, 0.05) is 5.56 Å². The van der Waals surface area contributed by atoms with Crippen molar-refractivity contribution in [1.29, 1.82) is 0 Å². The van der Waals surface area contributed by atoms with Gasteiger partial charge in [0.1, 0.15) is 0 Å². The van der Waals surface area contributed by atoms with Crippen molar-refractivity contribution in [2.45, 2.75) is 51.0 Å². The van der Waals surface area contributed by atoms with Crippen molar-refractivity contribution in [3.05, 3.63) is 71.8 Å². The SMILES string of the molecule is CC(C)(C)[Si](C)(C)O[C@@H](c1ccccc1)[C@H](CO)NC(=O)c1ccccc1. The minimum absolute atomic E-state index is 0.0173. The molecule has 0 fully saturated rings. The number of nitrogens with one attached hydrogen (secondary N) is 1. The maximum absolute atomic E-state index is 12.6. The Balaban J connectivity index is 2.31. The first-order valence-electron chi connectivity index (χ1n) is 9.35. The van der Waals surface area contributed by atoms with Gasteiger partial charge < -0.3 is 14.8 Å². The highest BCUT2D eigenvalue weighted by atomic mass is 28.4. The quantitative estimate of drug-likeness (QED) is 0.688. The number of aliphatic hydroxyl groups is 1. The standard InChI is InChI=1S/C22H31NO3Si/c1-22(2,3)27(4,5)26-20(17-12-8-6-9-13-17)19(16-24)23-21(25)18-14-10-7-11-15-18/h6-15,19-20,24H,16H2,1-5H3,(H,23,25)/t19-,20-/m0/s1. The molecule has 0 aliphatic rings. The Kier molecular flexibility index (Phi) is 6.98. The summed E-state index contributed by atoms with van der Waals surface area (Å²) in [5.74, 6) is -0.214. The molecule has 0 unspecified atom stereocenters. The predicted octanol–water partition coefficient (Wildman–Crippen LogP) is 4.54. The van der Waals surface area contributed by atoms with Crippen LogP contribution in [0.2, 0.25) is 18.1 Å². The average molecular weight is 386 g/mol. The summed E-state index contributed by atoms with van der Waals surface area (Å²) in [6, 6.07) is 18.3. The van der Waals surface area contributed by atoms with Gasteiger partial charge in [-0.25, -0.2) is 0 Å². The molecule has 0 spiro atoms. The van der Waals surface area contributed by atoms with Crippen LogP contribution in [0, 0.1) is 0 Å². The first kappa shape index (κ1) is 21.3. The molecular weight excluding hydrogens is 354 g/mol. The number of aliphatic hydroxyl groups excluding tert-OH is 1. The normalized spacial score (nSPS) is 14.4. The summed E-state index contributed by atoms with van der Waals surface area (Å²) in [4.78, 5) is 12.6.